The van der Waals surface area contributed by atoms with Crippen molar-refractivity contribution in [1.29, 1.82) is 0 Å². The van der Waals surface area contributed by atoms with Crippen molar-refractivity contribution in [1.82, 2.24) is 0 Å². The van der Waals surface area contributed by atoms with E-state index in [4.69, 9.17) is 0 Å². The van der Waals surface area contributed by atoms with Crippen molar-refractivity contribution < 1.29 is 9.47 Å². The number of halogens is 1. The summed E-state index contributed by atoms with van der Waals surface area (Å²) in [5.74, 6) is 0. The Kier molecular flexibility index (Phi) is 4.73. The van der Waals surface area contributed by atoms with Crippen molar-refractivity contribution in [3.8, 4) is 0 Å². The van der Waals surface area contributed by atoms with Gasteiger partial charge in [-0.1, -0.05) is 31.4 Å². The van der Waals surface area contributed by atoms with Crippen LogP contribution in [0.15, 0.2) is 37.0 Å². The smallest absolute Gasteiger partial charge is 0.113 e. The van der Waals surface area contributed by atoms with Crippen LogP contribution in [-0.2, 0) is 4.94 Å². The van der Waals surface area contributed by atoms with E-state index in [-0.39, 0.29) is 6.61 Å². The van der Waals surface area contributed by atoms with Crippen LogP contribution in [0, 0.1) is 0 Å². The molecular weight excluding hydrogens is 119 g/mol. The zero-order chi connectivity index (χ0) is 7.11. The zero-order valence-electron chi connectivity index (χ0n) is 5.14. The normalized spacial score (nSPS) is 11.0. The fourth-order valence-corrected chi connectivity index (χ4v) is 0.389. The van der Waals surface area contributed by atoms with Gasteiger partial charge in [0.05, 0.1) is 0 Å². The summed E-state index contributed by atoms with van der Waals surface area (Å²) in [6.07, 6.45) is 4.70. The van der Waals surface area contributed by atoms with Crippen LogP contribution in [0.1, 0.15) is 0 Å². The highest BCUT2D eigenvalue weighted by Gasteiger charge is 1.87. The number of hydrogen-bond donors (Lipinski definition) is 0. The van der Waals surface area contributed by atoms with Crippen molar-refractivity contribution >= 4 is 0 Å². The predicted octanol–water partition coefficient (Wildman–Crippen LogP) is 2.19. The average molecular weight is 128 g/mol. The Balaban J connectivity index is 3.80. The van der Waals surface area contributed by atoms with Crippen LogP contribution in [0.4, 0.5) is 4.53 Å². The molecule has 50 valence electrons. The molecule has 0 bridgehead atoms. The molecule has 0 aliphatic heterocycles. The van der Waals surface area contributed by atoms with E-state index in [2.05, 4.69) is 18.1 Å². The first kappa shape index (κ1) is 8.11. The van der Waals surface area contributed by atoms with Crippen LogP contribution in [0.25, 0.3) is 0 Å². The van der Waals surface area contributed by atoms with Gasteiger partial charge in [-0.3, -0.25) is 0 Å². The Labute approximate surface area is 54.0 Å². The quantitative estimate of drug-likeness (QED) is 0.527. The molecule has 0 aliphatic rings. The first-order chi connectivity index (χ1) is 4.35. The molecule has 0 fully saturated rings. The van der Waals surface area contributed by atoms with Gasteiger partial charge in [0.15, 0.2) is 0 Å². The molecule has 1 nitrogen and oxygen atoms in total. The van der Waals surface area contributed by atoms with Gasteiger partial charge in [-0.2, -0.15) is 4.94 Å². The minimum absolute atomic E-state index is 0.0600. The molecule has 0 heterocycles. The number of rotatable bonds is 4. The molecule has 0 amide bonds. The number of allylic oxidation sites excluding steroid dienone is 2. The molecule has 0 aromatic carbocycles. The second-order valence-corrected chi connectivity index (χ2v) is 1.43. The minimum Gasteiger partial charge on any atom is -0.189 e. The van der Waals surface area contributed by atoms with Gasteiger partial charge >= 0.3 is 0 Å². The first-order valence-electron chi connectivity index (χ1n) is 2.52. The van der Waals surface area contributed by atoms with Crippen molar-refractivity contribution in [3.63, 3.8) is 0 Å². The molecule has 0 N–H and O–H groups in total. The fraction of sp³-hybridized carbons (Fsp3) is 0.143. The lowest BCUT2D eigenvalue weighted by molar-refractivity contribution is -0.120. The van der Waals surface area contributed by atoms with E-state index >= 15 is 0 Å². The van der Waals surface area contributed by atoms with E-state index in [1.165, 1.54) is 6.08 Å². The monoisotopic (exact) mass is 128 g/mol. The maximum absolute atomic E-state index is 11.1. The van der Waals surface area contributed by atoms with E-state index in [0.29, 0.717) is 5.57 Å². The predicted molar refractivity (Wildman–Crippen MR) is 35.5 cm³/mol. The Morgan fingerprint density at radius 2 is 2.22 bits per heavy atom. The first-order valence-corrected chi connectivity index (χ1v) is 2.52. The maximum Gasteiger partial charge on any atom is 0.113 e. The van der Waals surface area contributed by atoms with Crippen LogP contribution in [0.3, 0.4) is 0 Å². The van der Waals surface area contributed by atoms with Crippen molar-refractivity contribution in [2.75, 3.05) is 6.61 Å². The van der Waals surface area contributed by atoms with Gasteiger partial charge in [-0.25, -0.2) is 0 Å². The lowest BCUT2D eigenvalue weighted by atomic mass is 10.2. The van der Waals surface area contributed by atoms with Gasteiger partial charge in [0.25, 0.3) is 0 Å². The highest BCUT2D eigenvalue weighted by molar-refractivity contribution is 5.21. The molecule has 0 spiro atoms. The molecular formula is C7H9FO. The molecule has 0 aromatic heterocycles. The molecule has 0 saturated heterocycles. The molecule has 0 atom stereocenters. The van der Waals surface area contributed by atoms with E-state index in [1.54, 1.807) is 12.2 Å². The molecule has 9 heavy (non-hydrogen) atoms. The van der Waals surface area contributed by atoms with E-state index in [9.17, 15) is 4.53 Å². The van der Waals surface area contributed by atoms with Crippen molar-refractivity contribution in [2.45, 2.75) is 0 Å². The van der Waals surface area contributed by atoms with Gasteiger partial charge < -0.3 is 0 Å². The molecule has 0 rings (SSSR count). The van der Waals surface area contributed by atoms with Gasteiger partial charge in [0.1, 0.15) is 6.61 Å². The Bertz CT molecular complexity index is 127. The zero-order valence-corrected chi connectivity index (χ0v) is 5.14. The van der Waals surface area contributed by atoms with Crippen LogP contribution in [-0.4, -0.2) is 6.61 Å². The highest BCUT2D eigenvalue weighted by Crippen LogP contribution is 1.96. The third-order valence-corrected chi connectivity index (χ3v) is 0.815. The molecule has 0 saturated carbocycles. The minimum atomic E-state index is -0.0600. The third kappa shape index (κ3) is 3.67. The van der Waals surface area contributed by atoms with Crippen molar-refractivity contribution in [2.24, 2.45) is 0 Å². The lowest BCUT2D eigenvalue weighted by Crippen LogP contribution is -1.86. The summed E-state index contributed by atoms with van der Waals surface area (Å²) in [4.78, 5) is 3.36. The molecule has 0 unspecified atom stereocenters. The summed E-state index contributed by atoms with van der Waals surface area (Å²) >= 11 is 0. The van der Waals surface area contributed by atoms with E-state index < -0.39 is 0 Å². The number of hydrogen-bond acceptors (Lipinski definition) is 1. The fourth-order valence-electron chi connectivity index (χ4n) is 0.389. The van der Waals surface area contributed by atoms with E-state index in [0.717, 1.165) is 0 Å². The lowest BCUT2D eigenvalue weighted by Gasteiger charge is -1.91. The van der Waals surface area contributed by atoms with Gasteiger partial charge in [-0.05, 0) is 10.1 Å². The largest absolute Gasteiger partial charge is 0.189 e. The maximum atomic E-state index is 11.1. The molecule has 0 aromatic rings. The van der Waals surface area contributed by atoms with Crippen molar-refractivity contribution in [3.05, 3.63) is 37.0 Å². The summed E-state index contributed by atoms with van der Waals surface area (Å²) in [7, 11) is 0. The Hall–Kier alpha value is -0.890. The van der Waals surface area contributed by atoms with Crippen LogP contribution in [0.2, 0.25) is 0 Å². The summed E-state index contributed by atoms with van der Waals surface area (Å²) in [5.41, 5.74) is 0.674. The Morgan fingerprint density at radius 3 is 2.56 bits per heavy atom. The summed E-state index contributed by atoms with van der Waals surface area (Å²) in [6, 6.07) is 0. The molecule has 0 radical (unpaired) electrons. The topological polar surface area (TPSA) is 9.23 Å². The average Bonchev–Trinajstić information content (AvgIpc) is 1.88. The summed E-state index contributed by atoms with van der Waals surface area (Å²) < 4.78 is 11.1. The van der Waals surface area contributed by atoms with Crippen LogP contribution >= 0.6 is 0 Å². The van der Waals surface area contributed by atoms with E-state index in [1.807, 2.05) is 0 Å². The van der Waals surface area contributed by atoms with Crippen LogP contribution < -0.4 is 0 Å². The summed E-state index contributed by atoms with van der Waals surface area (Å²) in [5, 5.41) is 0. The SMILES string of the molecule is C=C/C=C(\C=C)COF. The highest BCUT2D eigenvalue weighted by atomic mass is 19.3. The standard InChI is InChI=1S/C7H9FO/c1-3-5-7(4-2)6-9-8/h3-5H,1-2,6H2/b7-5+. The van der Waals surface area contributed by atoms with Gasteiger partial charge in [-0.15, -0.1) is 0 Å². The third-order valence-electron chi connectivity index (χ3n) is 0.815. The Morgan fingerprint density at radius 1 is 1.56 bits per heavy atom. The summed E-state index contributed by atoms with van der Waals surface area (Å²) in [6.45, 7) is 6.80. The molecule has 0 aliphatic carbocycles. The van der Waals surface area contributed by atoms with Gasteiger partial charge in [0, 0.05) is 0 Å². The second-order valence-electron chi connectivity index (χ2n) is 1.43. The van der Waals surface area contributed by atoms with Crippen LogP contribution in [0.5, 0.6) is 0 Å². The van der Waals surface area contributed by atoms with Gasteiger partial charge in [0.2, 0.25) is 0 Å². The second kappa shape index (κ2) is 5.25. The molecule has 2 heteroatoms.